The number of aromatic nitrogens is 1. The summed E-state index contributed by atoms with van der Waals surface area (Å²) in [5.74, 6) is 0.435. The quantitative estimate of drug-likeness (QED) is 0.674. The lowest BCUT2D eigenvalue weighted by Crippen LogP contribution is -2.45. The van der Waals surface area contributed by atoms with Crippen LogP contribution in [0.5, 0.6) is 0 Å². The fraction of sp³-hybridized carbons (Fsp3) is 0.474. The van der Waals surface area contributed by atoms with E-state index in [4.69, 9.17) is 0 Å². The van der Waals surface area contributed by atoms with Crippen LogP contribution in [0, 0.1) is 23.0 Å². The highest BCUT2D eigenvalue weighted by Crippen LogP contribution is 2.34. The molecule has 0 atom stereocenters. The van der Waals surface area contributed by atoms with Crippen molar-refractivity contribution in [1.29, 1.82) is 0 Å². The molecule has 2 aliphatic rings. The number of piperidine rings is 1. The Morgan fingerprint density at radius 2 is 2.00 bits per heavy atom. The van der Waals surface area contributed by atoms with Crippen LogP contribution in [0.3, 0.4) is 0 Å². The number of non-ortho nitro benzene ring substituents is 1. The van der Waals surface area contributed by atoms with E-state index in [0.717, 1.165) is 55.5 Å². The zero-order valence-corrected chi connectivity index (χ0v) is 14.8. The SMILES string of the molecule is Cc1cc(N2CCC(NC(=O)C3CC3)CC2)c2cccc([N+](=O)[O-])c2n1. The Morgan fingerprint density at radius 3 is 2.65 bits per heavy atom. The molecule has 1 amide bonds. The van der Waals surface area contributed by atoms with Crippen LogP contribution in [-0.2, 0) is 4.79 Å². The largest absolute Gasteiger partial charge is 0.371 e. The van der Waals surface area contributed by atoms with E-state index in [2.05, 4.69) is 15.2 Å². The topological polar surface area (TPSA) is 88.4 Å². The summed E-state index contributed by atoms with van der Waals surface area (Å²) in [4.78, 5) is 29.6. The van der Waals surface area contributed by atoms with Gasteiger partial charge in [0.25, 0.3) is 5.69 Å². The minimum Gasteiger partial charge on any atom is -0.371 e. The molecule has 4 rings (SSSR count). The van der Waals surface area contributed by atoms with Crippen molar-refractivity contribution in [3.05, 3.63) is 40.1 Å². The average Bonchev–Trinajstić information content (AvgIpc) is 3.46. The lowest BCUT2D eigenvalue weighted by atomic mass is 10.0. The summed E-state index contributed by atoms with van der Waals surface area (Å²) < 4.78 is 0. The van der Waals surface area contributed by atoms with Gasteiger partial charge in [-0.25, -0.2) is 4.98 Å². The molecule has 26 heavy (non-hydrogen) atoms. The summed E-state index contributed by atoms with van der Waals surface area (Å²) in [5.41, 5.74) is 2.24. The Hall–Kier alpha value is -2.70. The molecule has 136 valence electrons. The van der Waals surface area contributed by atoms with Gasteiger partial charge in [0.1, 0.15) is 0 Å². The number of nitrogens with zero attached hydrogens (tertiary/aromatic N) is 3. The number of pyridine rings is 1. The van der Waals surface area contributed by atoms with Gasteiger partial charge in [0.05, 0.1) is 4.92 Å². The van der Waals surface area contributed by atoms with Crippen LogP contribution in [0.15, 0.2) is 24.3 Å². The number of carbonyl (C=O) groups is 1. The summed E-state index contributed by atoms with van der Waals surface area (Å²) >= 11 is 0. The number of amides is 1. The molecule has 0 bridgehead atoms. The van der Waals surface area contributed by atoms with Crippen molar-refractivity contribution in [3.8, 4) is 0 Å². The summed E-state index contributed by atoms with van der Waals surface area (Å²) in [5, 5.41) is 15.3. The normalized spacial score (nSPS) is 18.1. The lowest BCUT2D eigenvalue weighted by Gasteiger charge is -2.34. The van der Waals surface area contributed by atoms with Gasteiger partial charge in [0.15, 0.2) is 5.52 Å². The number of hydrogen-bond acceptors (Lipinski definition) is 5. The smallest absolute Gasteiger partial charge is 0.295 e. The molecule has 2 heterocycles. The van der Waals surface area contributed by atoms with Gasteiger partial charge in [-0.15, -0.1) is 0 Å². The number of carbonyl (C=O) groups excluding carboxylic acids is 1. The van der Waals surface area contributed by atoms with Crippen LogP contribution in [0.25, 0.3) is 10.9 Å². The van der Waals surface area contributed by atoms with E-state index in [1.54, 1.807) is 6.07 Å². The van der Waals surface area contributed by atoms with E-state index in [9.17, 15) is 14.9 Å². The van der Waals surface area contributed by atoms with Gasteiger partial charge < -0.3 is 10.2 Å². The number of para-hydroxylation sites is 1. The van der Waals surface area contributed by atoms with E-state index in [1.165, 1.54) is 6.07 Å². The number of anilines is 1. The van der Waals surface area contributed by atoms with Gasteiger partial charge in [-0.05, 0) is 38.7 Å². The second kappa shape index (κ2) is 6.55. The molecule has 7 heteroatoms. The molecule has 0 spiro atoms. The second-order valence-electron chi connectivity index (χ2n) is 7.26. The molecule has 2 fully saturated rings. The van der Waals surface area contributed by atoms with Gasteiger partial charge in [-0.3, -0.25) is 14.9 Å². The Balaban J connectivity index is 1.56. The highest BCUT2D eigenvalue weighted by Gasteiger charge is 2.32. The van der Waals surface area contributed by atoms with Crippen molar-refractivity contribution in [2.24, 2.45) is 5.92 Å². The van der Waals surface area contributed by atoms with Gasteiger partial charge >= 0.3 is 0 Å². The Labute approximate surface area is 151 Å². The third-order valence-corrected chi connectivity index (χ3v) is 5.25. The number of hydrogen-bond donors (Lipinski definition) is 1. The van der Waals surface area contributed by atoms with Crippen LogP contribution in [0.1, 0.15) is 31.4 Å². The fourth-order valence-corrected chi connectivity index (χ4v) is 3.68. The first kappa shape index (κ1) is 16.8. The molecule has 1 saturated heterocycles. The molecule has 0 unspecified atom stereocenters. The van der Waals surface area contributed by atoms with Crippen LogP contribution in [0.2, 0.25) is 0 Å². The minimum absolute atomic E-state index is 0.0408. The molecule has 1 N–H and O–H groups in total. The van der Waals surface area contributed by atoms with Crippen molar-refractivity contribution in [2.75, 3.05) is 18.0 Å². The van der Waals surface area contributed by atoms with Gasteiger partial charge in [-0.2, -0.15) is 0 Å². The van der Waals surface area contributed by atoms with E-state index in [-0.39, 0.29) is 28.5 Å². The molecule has 0 radical (unpaired) electrons. The van der Waals surface area contributed by atoms with E-state index < -0.39 is 0 Å². The summed E-state index contributed by atoms with van der Waals surface area (Å²) in [6.07, 6.45) is 3.81. The fourth-order valence-electron chi connectivity index (χ4n) is 3.68. The van der Waals surface area contributed by atoms with Crippen LogP contribution >= 0.6 is 0 Å². The highest BCUT2D eigenvalue weighted by atomic mass is 16.6. The number of benzene rings is 1. The van der Waals surface area contributed by atoms with Gasteiger partial charge in [0.2, 0.25) is 5.91 Å². The maximum atomic E-state index is 11.9. The number of nitrogens with one attached hydrogen (secondary N) is 1. The highest BCUT2D eigenvalue weighted by molar-refractivity contribution is 5.97. The number of nitro benzene ring substituents is 1. The van der Waals surface area contributed by atoms with Crippen LogP contribution < -0.4 is 10.2 Å². The van der Waals surface area contributed by atoms with Crippen molar-refractivity contribution < 1.29 is 9.72 Å². The predicted molar refractivity (Wildman–Crippen MR) is 99.2 cm³/mol. The van der Waals surface area contributed by atoms with Crippen molar-refractivity contribution in [2.45, 2.75) is 38.6 Å². The molecule has 1 aromatic heterocycles. The Bertz CT molecular complexity index is 870. The van der Waals surface area contributed by atoms with Gasteiger partial charge in [0, 0.05) is 47.9 Å². The molecule has 7 nitrogen and oxygen atoms in total. The molecule has 1 aromatic carbocycles. The molecule has 1 saturated carbocycles. The zero-order valence-electron chi connectivity index (χ0n) is 14.8. The minimum atomic E-state index is -0.377. The average molecular weight is 354 g/mol. The lowest BCUT2D eigenvalue weighted by molar-refractivity contribution is -0.383. The number of nitro groups is 1. The van der Waals surface area contributed by atoms with Crippen LogP contribution in [0.4, 0.5) is 11.4 Å². The Morgan fingerprint density at radius 1 is 1.27 bits per heavy atom. The van der Waals surface area contributed by atoms with Crippen molar-refractivity contribution in [1.82, 2.24) is 10.3 Å². The molecule has 1 aliphatic heterocycles. The first-order valence-corrected chi connectivity index (χ1v) is 9.13. The maximum Gasteiger partial charge on any atom is 0.295 e. The number of aryl methyl sites for hydroxylation is 1. The van der Waals surface area contributed by atoms with Crippen LogP contribution in [-0.4, -0.2) is 34.9 Å². The number of fused-ring (bicyclic) bond motifs is 1. The first-order chi connectivity index (χ1) is 12.5. The summed E-state index contributed by atoms with van der Waals surface area (Å²) in [6, 6.07) is 7.32. The van der Waals surface area contributed by atoms with E-state index in [1.807, 2.05) is 19.1 Å². The van der Waals surface area contributed by atoms with Gasteiger partial charge in [-0.1, -0.05) is 12.1 Å². The second-order valence-corrected chi connectivity index (χ2v) is 7.26. The van der Waals surface area contributed by atoms with E-state index in [0.29, 0.717) is 5.52 Å². The first-order valence-electron chi connectivity index (χ1n) is 9.13. The summed E-state index contributed by atoms with van der Waals surface area (Å²) in [6.45, 7) is 3.50. The molecular weight excluding hydrogens is 332 g/mol. The predicted octanol–water partition coefficient (Wildman–Crippen LogP) is 2.95. The third kappa shape index (κ3) is 3.21. The van der Waals surface area contributed by atoms with Crippen molar-refractivity contribution >= 4 is 28.2 Å². The Kier molecular flexibility index (Phi) is 4.22. The van der Waals surface area contributed by atoms with Crippen molar-refractivity contribution in [3.63, 3.8) is 0 Å². The maximum absolute atomic E-state index is 11.9. The number of rotatable bonds is 4. The summed E-state index contributed by atoms with van der Waals surface area (Å²) in [7, 11) is 0. The molecule has 2 aromatic rings. The zero-order chi connectivity index (χ0) is 18.3. The van der Waals surface area contributed by atoms with E-state index >= 15 is 0 Å². The third-order valence-electron chi connectivity index (χ3n) is 5.25. The standard InChI is InChI=1S/C19H22N4O3/c1-12-11-17(15-3-2-4-16(23(25)26)18(15)20-12)22-9-7-14(8-10-22)21-19(24)13-5-6-13/h2-4,11,13-14H,5-10H2,1H3,(H,21,24). The monoisotopic (exact) mass is 354 g/mol. The molecular formula is C19H22N4O3. The molecule has 1 aliphatic carbocycles.